The molecule has 0 aliphatic carbocycles. The van der Waals surface area contributed by atoms with Crippen molar-refractivity contribution < 1.29 is 29.9 Å². The molecular formula is C18H22O6S. The molecule has 2 heterocycles. The Labute approximate surface area is 149 Å². The molecule has 1 aliphatic heterocycles. The van der Waals surface area contributed by atoms with Crippen LogP contribution in [0.25, 0.3) is 0 Å². The fraction of sp³-hybridized carbons (Fsp3) is 0.444. The lowest BCUT2D eigenvalue weighted by Gasteiger charge is -2.39. The zero-order chi connectivity index (χ0) is 18.0. The third-order valence-corrected chi connectivity index (χ3v) is 5.46. The predicted octanol–water partition coefficient (Wildman–Crippen LogP) is 0.862. The molecule has 0 amide bonds. The van der Waals surface area contributed by atoms with Gasteiger partial charge in [-0.05, 0) is 41.1 Å². The van der Waals surface area contributed by atoms with Crippen LogP contribution in [-0.4, -0.2) is 58.6 Å². The average molecular weight is 366 g/mol. The Morgan fingerprint density at radius 1 is 1.04 bits per heavy atom. The molecule has 1 aliphatic rings. The lowest BCUT2D eigenvalue weighted by atomic mass is 9.94. The number of hydrogen-bond donors (Lipinski definition) is 4. The van der Waals surface area contributed by atoms with Gasteiger partial charge < -0.3 is 29.9 Å². The van der Waals surface area contributed by atoms with Crippen LogP contribution >= 0.6 is 11.3 Å². The van der Waals surface area contributed by atoms with Crippen LogP contribution in [0.3, 0.4) is 0 Å². The molecule has 6 nitrogen and oxygen atoms in total. The summed E-state index contributed by atoms with van der Waals surface area (Å²) < 4.78 is 10.7. The molecular weight excluding hydrogens is 344 g/mol. The number of rotatable bonds is 5. The summed E-state index contributed by atoms with van der Waals surface area (Å²) in [6.45, 7) is -0.425. The normalized spacial score (nSPS) is 29.6. The van der Waals surface area contributed by atoms with E-state index in [2.05, 4.69) is 0 Å². The predicted molar refractivity (Wildman–Crippen MR) is 92.8 cm³/mol. The Balaban J connectivity index is 1.73. The summed E-state index contributed by atoms with van der Waals surface area (Å²) in [5.74, 6) is 0.802. The summed E-state index contributed by atoms with van der Waals surface area (Å²) in [5.41, 5.74) is 2.18. The number of hydrogen-bond acceptors (Lipinski definition) is 7. The molecule has 25 heavy (non-hydrogen) atoms. The number of ether oxygens (including phenoxy) is 2. The summed E-state index contributed by atoms with van der Waals surface area (Å²) in [7, 11) is 1.63. The van der Waals surface area contributed by atoms with Gasteiger partial charge in [-0.2, -0.15) is 0 Å². The highest BCUT2D eigenvalue weighted by Gasteiger charge is 2.44. The molecule has 0 bridgehead atoms. The van der Waals surface area contributed by atoms with Crippen LogP contribution in [0.2, 0.25) is 0 Å². The van der Waals surface area contributed by atoms with Gasteiger partial charge in [0.25, 0.3) is 0 Å². The summed E-state index contributed by atoms with van der Waals surface area (Å²) >= 11 is 1.42. The number of methoxy groups -OCH3 is 1. The van der Waals surface area contributed by atoms with Crippen molar-refractivity contribution in [3.8, 4) is 5.75 Å². The summed E-state index contributed by atoms with van der Waals surface area (Å²) in [6.07, 6.45) is -4.89. The molecule has 3 rings (SSSR count). The van der Waals surface area contributed by atoms with Crippen molar-refractivity contribution in [3.63, 3.8) is 0 Å². The first kappa shape index (κ1) is 18.3. The fourth-order valence-electron chi connectivity index (χ4n) is 2.95. The van der Waals surface area contributed by atoms with E-state index < -0.39 is 37.1 Å². The molecule has 2 aromatic rings. The molecule has 0 radical (unpaired) electrons. The van der Waals surface area contributed by atoms with Gasteiger partial charge in [0.1, 0.15) is 36.3 Å². The Bertz CT molecular complexity index is 683. The van der Waals surface area contributed by atoms with E-state index in [1.165, 1.54) is 11.3 Å². The van der Waals surface area contributed by atoms with E-state index in [1.54, 1.807) is 7.11 Å². The van der Waals surface area contributed by atoms with E-state index in [9.17, 15) is 20.4 Å². The molecule has 1 fully saturated rings. The second-order valence-corrected chi connectivity index (χ2v) is 7.07. The van der Waals surface area contributed by atoms with Gasteiger partial charge in [0.15, 0.2) is 0 Å². The summed E-state index contributed by atoms with van der Waals surface area (Å²) in [6, 6.07) is 9.70. The fourth-order valence-corrected chi connectivity index (χ4v) is 3.94. The molecule has 0 spiro atoms. The minimum absolute atomic E-state index is 0.425. The van der Waals surface area contributed by atoms with Crippen molar-refractivity contribution in [2.24, 2.45) is 0 Å². The first-order valence-corrected chi connectivity index (χ1v) is 8.92. The van der Waals surface area contributed by atoms with Crippen molar-refractivity contribution in [1.29, 1.82) is 0 Å². The van der Waals surface area contributed by atoms with Gasteiger partial charge in [-0.1, -0.05) is 12.1 Å². The Morgan fingerprint density at radius 2 is 1.76 bits per heavy atom. The lowest BCUT2D eigenvalue weighted by molar-refractivity contribution is -0.230. The summed E-state index contributed by atoms with van der Waals surface area (Å²) in [4.78, 5) is 0.750. The van der Waals surface area contributed by atoms with Crippen molar-refractivity contribution >= 4 is 11.3 Å². The molecule has 1 aromatic heterocycles. The maximum Gasteiger partial charge on any atom is 0.121 e. The van der Waals surface area contributed by atoms with Crippen molar-refractivity contribution in [2.45, 2.75) is 36.9 Å². The second-order valence-electron chi connectivity index (χ2n) is 6.13. The highest BCUT2D eigenvalue weighted by Crippen LogP contribution is 2.36. The topological polar surface area (TPSA) is 99.4 Å². The van der Waals surface area contributed by atoms with Crippen LogP contribution in [0.4, 0.5) is 0 Å². The third-order valence-electron chi connectivity index (χ3n) is 4.41. The van der Waals surface area contributed by atoms with Gasteiger partial charge in [0, 0.05) is 4.88 Å². The van der Waals surface area contributed by atoms with E-state index in [4.69, 9.17) is 9.47 Å². The van der Waals surface area contributed by atoms with E-state index >= 15 is 0 Å². The third kappa shape index (κ3) is 3.87. The van der Waals surface area contributed by atoms with Crippen LogP contribution in [0, 0.1) is 0 Å². The highest BCUT2D eigenvalue weighted by molar-refractivity contribution is 7.10. The second kappa shape index (κ2) is 7.82. The van der Waals surface area contributed by atoms with E-state index in [-0.39, 0.29) is 0 Å². The van der Waals surface area contributed by atoms with Crippen molar-refractivity contribution in [3.05, 3.63) is 51.7 Å². The zero-order valence-electron chi connectivity index (χ0n) is 13.8. The number of aliphatic hydroxyl groups is 4. The van der Waals surface area contributed by atoms with Crippen molar-refractivity contribution in [2.75, 3.05) is 13.7 Å². The van der Waals surface area contributed by atoms with Crippen molar-refractivity contribution in [1.82, 2.24) is 0 Å². The van der Waals surface area contributed by atoms with Crippen LogP contribution < -0.4 is 4.74 Å². The van der Waals surface area contributed by atoms with Crippen LogP contribution in [-0.2, 0) is 11.2 Å². The van der Waals surface area contributed by atoms with E-state index in [1.807, 2.05) is 35.7 Å². The first-order chi connectivity index (χ1) is 12.0. The average Bonchev–Trinajstić information content (AvgIpc) is 3.09. The molecule has 4 N–H and O–H groups in total. The Morgan fingerprint density at radius 3 is 2.40 bits per heavy atom. The van der Waals surface area contributed by atoms with Crippen LogP contribution in [0.1, 0.15) is 22.1 Å². The standard InChI is InChI=1S/C18H22O6S/c1-23-12-4-2-10(3-5-12)6-11-7-14(25-9-11)18-17(22)16(21)15(20)13(8-19)24-18/h2-5,7,9,13,15-22H,6,8H2,1H3/t13-,15-,16?,17-,18+/m1/s1. The van der Waals surface area contributed by atoms with E-state index in [0.717, 1.165) is 28.2 Å². The Hall–Kier alpha value is -1.48. The highest BCUT2D eigenvalue weighted by atomic mass is 32.1. The number of benzene rings is 1. The van der Waals surface area contributed by atoms with Crippen LogP contribution in [0.15, 0.2) is 35.7 Å². The van der Waals surface area contributed by atoms with Gasteiger partial charge in [-0.3, -0.25) is 0 Å². The molecule has 1 unspecified atom stereocenters. The number of thiophene rings is 1. The molecule has 5 atom stereocenters. The van der Waals surface area contributed by atoms with Gasteiger partial charge in [0.05, 0.1) is 13.7 Å². The minimum Gasteiger partial charge on any atom is -0.497 e. The Kier molecular flexibility index (Phi) is 5.73. The summed E-state index contributed by atoms with van der Waals surface area (Å²) in [5, 5.41) is 41.3. The maximum absolute atomic E-state index is 10.2. The molecule has 0 saturated carbocycles. The molecule has 136 valence electrons. The quantitative estimate of drug-likeness (QED) is 0.627. The smallest absolute Gasteiger partial charge is 0.121 e. The first-order valence-electron chi connectivity index (χ1n) is 8.04. The van der Waals surface area contributed by atoms with Gasteiger partial charge in [-0.25, -0.2) is 0 Å². The molecule has 7 heteroatoms. The lowest BCUT2D eigenvalue weighted by Crippen LogP contribution is -2.55. The minimum atomic E-state index is -1.36. The van der Waals surface area contributed by atoms with Gasteiger partial charge in [0.2, 0.25) is 0 Å². The van der Waals surface area contributed by atoms with Crippen LogP contribution in [0.5, 0.6) is 5.75 Å². The van der Waals surface area contributed by atoms with Gasteiger partial charge in [-0.15, -0.1) is 11.3 Å². The maximum atomic E-state index is 10.2. The molecule has 1 aromatic carbocycles. The number of aliphatic hydroxyl groups excluding tert-OH is 4. The largest absolute Gasteiger partial charge is 0.497 e. The monoisotopic (exact) mass is 366 g/mol. The zero-order valence-corrected chi connectivity index (χ0v) is 14.6. The molecule has 1 saturated heterocycles. The SMILES string of the molecule is COc1ccc(Cc2csc([C@@H]3O[C@H](CO)[C@@H](O)C(O)[C@H]3O)c2)cc1. The van der Waals surface area contributed by atoms with Gasteiger partial charge >= 0.3 is 0 Å². The van der Waals surface area contributed by atoms with E-state index in [0.29, 0.717) is 0 Å².